The molecule has 562 valence electrons. The Morgan fingerprint density at radius 1 is 0.495 bits per heavy atom. The van der Waals surface area contributed by atoms with E-state index in [0.717, 1.165) is 121 Å². The molecule has 13 rings (SSSR count). The molecular weight excluding hydrogens is 1600 g/mol. The van der Waals surface area contributed by atoms with Gasteiger partial charge in [-0.25, -0.2) is 4.79 Å². The molecule has 0 bridgehead atoms. The third kappa shape index (κ3) is 23.2. The van der Waals surface area contributed by atoms with Crippen molar-refractivity contribution < 1.29 is 72.4 Å². The van der Waals surface area contributed by atoms with Crippen LogP contribution in [0.25, 0.3) is 50.9 Å². The maximum Gasteiger partial charge on any atom is 0.488 e. The van der Waals surface area contributed by atoms with Crippen molar-refractivity contribution in [2.75, 3.05) is 86.2 Å². The number of nitro benzene ring substituents is 2. The van der Waals surface area contributed by atoms with E-state index in [1.807, 2.05) is 66.7 Å². The van der Waals surface area contributed by atoms with E-state index in [4.69, 9.17) is 65.1 Å². The number of nitro groups is 2. The average Bonchev–Trinajstić information content (AvgIpc) is 1.68. The van der Waals surface area contributed by atoms with Crippen molar-refractivity contribution in [3.05, 3.63) is 273 Å². The number of ether oxygens (including phenoxy) is 1. The van der Waals surface area contributed by atoms with Gasteiger partial charge in [-0.15, -0.1) is 0 Å². The summed E-state index contributed by atoms with van der Waals surface area (Å²) in [6.45, 7) is 10.7. The Morgan fingerprint density at radius 2 is 0.899 bits per heavy atom. The molecule has 0 radical (unpaired) electrons. The first-order valence-corrected chi connectivity index (χ1v) is 35.6. The lowest BCUT2D eigenvalue weighted by Gasteiger charge is -2.37. The lowest BCUT2D eigenvalue weighted by Crippen LogP contribution is -2.47. The Bertz CT molecular complexity index is 4980. The topological polar surface area (TPSA) is 353 Å². The number of piperazine rings is 2. The van der Waals surface area contributed by atoms with E-state index < -0.39 is 23.8 Å². The maximum atomic E-state index is 12.4. The second-order valence-corrected chi connectivity index (χ2v) is 26.4. The standard InChI is InChI=1S/C27H23ClN4O4.C16H18BN3O4.C11H7ClINO2.C11H8ClNO2.C11H9ClO4.CH4O/c1-18(33)26-25(27(36-29-26)19-5-7-21(28)8-6-19)20-3-2-4-24(17-20)31-15-13-30(14-16-31)22-9-11-23(12-10-22)32(34)35;21-17(22)13-2-1-3-16(12-13)19-10-8-18(9-11-19)14-4-6-15(7-5-14)20(23)24;1-6(15)10-9(13)11(16-14-10)7-2-4-8(12)5-3-7;1-7(14)10-6-11(15-13-10)8-2-4-9(12)5-3-8;1-16-11(15)10(14)6-9(13)7-2-4-8(12)5-3-7;1-2/h2-12,17H,13-16H2,1H3;1-7,12,21-22H,8-11H2;2-5H,1H3;2-6H,1H3;2-6,13H,1H3;2H,1H3. The zero-order valence-electron chi connectivity index (χ0n) is 58.9. The van der Waals surface area contributed by atoms with E-state index in [-0.39, 0.29) is 39.4 Å². The summed E-state index contributed by atoms with van der Waals surface area (Å²) in [5.74, 6) is -0.956. The number of rotatable bonds is 17. The molecule has 2 aliphatic heterocycles. The number of Topliss-reactive ketones (excluding diaryl/α,β-unsaturated/α-hetero) is 3. The number of aliphatic hydroxyl groups excluding tert-OH is 2. The van der Waals surface area contributed by atoms with Crippen molar-refractivity contribution in [1.82, 2.24) is 15.5 Å². The van der Waals surface area contributed by atoms with E-state index in [1.165, 1.54) is 57.2 Å². The lowest BCUT2D eigenvalue weighted by molar-refractivity contribution is -0.385. The molecule has 5 heterocycles. The van der Waals surface area contributed by atoms with Crippen molar-refractivity contribution >= 4 is 151 Å². The van der Waals surface area contributed by atoms with E-state index >= 15 is 0 Å². The number of carbonyl (C=O) groups excluding carboxylic acids is 5. The van der Waals surface area contributed by atoms with E-state index in [9.17, 15) is 59.4 Å². The zero-order valence-corrected chi connectivity index (χ0v) is 64.1. The van der Waals surface area contributed by atoms with Gasteiger partial charge in [0.25, 0.3) is 17.2 Å². The van der Waals surface area contributed by atoms with Gasteiger partial charge in [-0.3, -0.25) is 39.4 Å². The molecule has 11 aromatic rings. The highest BCUT2D eigenvalue weighted by molar-refractivity contribution is 14.1. The Balaban J connectivity index is 0.000000179. The predicted molar refractivity (Wildman–Crippen MR) is 428 cm³/mol. The third-order valence-corrected chi connectivity index (χ3v) is 18.5. The fourth-order valence-corrected chi connectivity index (χ4v) is 12.2. The van der Waals surface area contributed by atoms with Crippen LogP contribution in [-0.2, 0) is 14.3 Å². The summed E-state index contributed by atoms with van der Waals surface area (Å²) in [7, 11) is 0.624. The first kappa shape index (κ1) is 83.6. The normalized spacial score (nSPS) is 12.3. The third-order valence-electron chi connectivity index (χ3n) is 16.4. The summed E-state index contributed by atoms with van der Waals surface area (Å²) in [6.07, 6.45) is 0.801. The molecule has 0 aliphatic carbocycles. The molecule has 2 fully saturated rings. The van der Waals surface area contributed by atoms with Crippen LogP contribution in [0.2, 0.25) is 20.1 Å². The van der Waals surface area contributed by atoms with Gasteiger partial charge in [0, 0.05) is 182 Å². The second kappa shape index (κ2) is 40.2. The largest absolute Gasteiger partial charge is 0.507 e. The highest BCUT2D eigenvalue weighted by Crippen LogP contribution is 2.38. The summed E-state index contributed by atoms with van der Waals surface area (Å²) >= 11 is 25.3. The van der Waals surface area contributed by atoms with Crippen LogP contribution in [0, 0.1) is 23.8 Å². The smallest absolute Gasteiger partial charge is 0.488 e. The zero-order chi connectivity index (χ0) is 79.0. The summed E-state index contributed by atoms with van der Waals surface area (Å²) < 4.78 is 20.8. The fourth-order valence-electron chi connectivity index (χ4n) is 10.8. The first-order chi connectivity index (χ1) is 52.2. The minimum Gasteiger partial charge on any atom is -0.507 e. The number of hydrogen-bond donors (Lipinski definition) is 4. The van der Waals surface area contributed by atoms with Gasteiger partial charge in [0.1, 0.15) is 11.5 Å². The van der Waals surface area contributed by atoms with Gasteiger partial charge < -0.3 is 58.2 Å². The number of hydrogen-bond acceptors (Lipinski definition) is 24. The molecule has 3 aromatic heterocycles. The molecule has 0 saturated carbocycles. The monoisotopic (exact) mass is 1670 g/mol. The van der Waals surface area contributed by atoms with Crippen molar-refractivity contribution in [3.63, 3.8) is 0 Å². The van der Waals surface area contributed by atoms with Crippen LogP contribution in [-0.4, -0.2) is 148 Å². The average molecular weight is 1670 g/mol. The Morgan fingerprint density at radius 3 is 1.31 bits per heavy atom. The molecule has 4 N–H and O–H groups in total. The molecule has 26 nitrogen and oxygen atoms in total. The number of non-ortho nitro benzene ring substituents is 2. The number of carbonyl (C=O) groups is 5. The number of esters is 1. The molecule has 0 amide bonds. The van der Waals surface area contributed by atoms with E-state index in [1.54, 1.807) is 91.0 Å². The van der Waals surface area contributed by atoms with Crippen molar-refractivity contribution in [3.8, 4) is 45.1 Å². The number of ketones is 4. The molecule has 8 aromatic carbocycles. The summed E-state index contributed by atoms with van der Waals surface area (Å²) in [6, 6.07) is 57.9. The Labute approximate surface area is 658 Å². The second-order valence-electron chi connectivity index (χ2n) is 23.6. The van der Waals surface area contributed by atoms with Crippen LogP contribution >= 0.6 is 69.0 Å². The minimum absolute atomic E-state index is 0.0887. The number of halogens is 5. The fraction of sp³-hybridized carbons (Fsp3) is 0.169. The predicted octanol–water partition coefficient (Wildman–Crippen LogP) is 15.3. The van der Waals surface area contributed by atoms with Gasteiger partial charge >= 0.3 is 13.1 Å². The molecular formula is C77H69BCl4IN9O17. The molecule has 0 atom stereocenters. The van der Waals surface area contributed by atoms with Gasteiger partial charge in [0.05, 0.1) is 26.1 Å². The molecule has 109 heavy (non-hydrogen) atoms. The number of methoxy groups -OCH3 is 1. The Kier molecular flexibility index (Phi) is 30.8. The van der Waals surface area contributed by atoms with Gasteiger partial charge in [0.2, 0.25) is 0 Å². The highest BCUT2D eigenvalue weighted by atomic mass is 127. The van der Waals surface area contributed by atoms with Gasteiger partial charge in [-0.2, -0.15) is 0 Å². The highest BCUT2D eigenvalue weighted by Gasteiger charge is 2.26. The van der Waals surface area contributed by atoms with Crippen LogP contribution in [0.3, 0.4) is 0 Å². The van der Waals surface area contributed by atoms with Crippen LogP contribution < -0.4 is 25.1 Å². The van der Waals surface area contributed by atoms with Gasteiger partial charge in [-0.05, 0) is 179 Å². The summed E-state index contributed by atoms with van der Waals surface area (Å²) in [5.41, 5.74) is 9.98. The van der Waals surface area contributed by atoms with Gasteiger partial charge in [0.15, 0.2) is 46.0 Å². The Hall–Kier alpha value is -11.1. The quantitative estimate of drug-likeness (QED) is 0.00757. The van der Waals surface area contributed by atoms with Crippen LogP contribution in [0.5, 0.6) is 0 Å². The molecule has 32 heteroatoms. The molecule has 2 aliphatic rings. The number of nitrogens with zero attached hydrogens (tertiary/aromatic N) is 9. The van der Waals surface area contributed by atoms with Crippen molar-refractivity contribution in [1.29, 1.82) is 0 Å². The number of anilines is 4. The number of benzene rings is 8. The summed E-state index contributed by atoms with van der Waals surface area (Å²) in [4.78, 5) is 86.2. The van der Waals surface area contributed by atoms with E-state index in [2.05, 4.69) is 68.5 Å². The SMILES string of the molecule is CC(=O)c1cc(-c2ccc(Cl)cc2)on1.CC(=O)c1noc(-c2ccc(Cl)cc2)c1-c1cccc(N2CCN(c3ccc([N+](=O)[O-])cc3)CC2)c1.CC(=O)c1noc(-c2ccc(Cl)cc2)c1I.CO.COC(=O)C(=O)C=C(O)c1ccc(Cl)cc1.O=[N+]([O-])c1ccc(N2CCN(c3cccc(B(O)O)c3)CC2)cc1. The van der Waals surface area contributed by atoms with Crippen molar-refractivity contribution in [2.24, 2.45) is 0 Å². The van der Waals surface area contributed by atoms with Crippen LogP contribution in [0.1, 0.15) is 57.8 Å². The molecule has 0 unspecified atom stereocenters. The number of aliphatic hydroxyl groups is 2. The maximum absolute atomic E-state index is 12.4. The number of aromatic nitrogens is 3. The van der Waals surface area contributed by atoms with Crippen LogP contribution in [0.15, 0.2) is 220 Å². The van der Waals surface area contributed by atoms with Gasteiger partial charge in [-0.1, -0.05) is 86.1 Å². The lowest BCUT2D eigenvalue weighted by atomic mass is 9.80. The first-order valence-electron chi connectivity index (χ1n) is 33.0. The molecule has 2 saturated heterocycles. The summed E-state index contributed by atoms with van der Waals surface area (Å²) in [5, 5.41) is 70.6. The van der Waals surface area contributed by atoms with Crippen molar-refractivity contribution in [2.45, 2.75) is 20.8 Å². The minimum atomic E-state index is -1.47. The molecule has 0 spiro atoms. The van der Waals surface area contributed by atoms with E-state index in [0.29, 0.717) is 71.0 Å². The van der Waals surface area contributed by atoms with Crippen LogP contribution in [0.4, 0.5) is 34.1 Å².